The first-order chi connectivity index (χ1) is 9.66. The van der Waals surface area contributed by atoms with Crippen molar-refractivity contribution in [2.45, 2.75) is 13.0 Å². The van der Waals surface area contributed by atoms with Crippen LogP contribution in [0.3, 0.4) is 0 Å². The molecular weight excluding hydrogens is 274 g/mol. The number of carbonyl (C=O) groups excluding carboxylic acids is 2. The molecule has 1 amide bonds. The van der Waals surface area contributed by atoms with E-state index in [1.54, 1.807) is 16.8 Å². The Morgan fingerprint density at radius 2 is 2.00 bits per heavy atom. The van der Waals surface area contributed by atoms with Crippen LogP contribution >= 0.6 is 11.3 Å². The average molecular weight is 289 g/mol. The first kappa shape index (κ1) is 14.3. The lowest BCUT2D eigenvalue weighted by Gasteiger charge is -2.14. The van der Waals surface area contributed by atoms with Crippen LogP contribution in [0.1, 0.15) is 28.9 Å². The van der Waals surface area contributed by atoms with Gasteiger partial charge in [0.05, 0.1) is 11.6 Å². The molecule has 20 heavy (non-hydrogen) atoms. The molecule has 1 N–H and O–H groups in total. The van der Waals surface area contributed by atoms with Gasteiger partial charge in [0.25, 0.3) is 5.91 Å². The van der Waals surface area contributed by atoms with E-state index < -0.39 is 5.97 Å². The van der Waals surface area contributed by atoms with Crippen molar-refractivity contribution in [1.82, 2.24) is 5.32 Å². The van der Waals surface area contributed by atoms with Crippen LogP contribution in [0.5, 0.6) is 0 Å². The number of hydrogen-bond donors (Lipinski definition) is 1. The van der Waals surface area contributed by atoms with Crippen LogP contribution in [-0.2, 0) is 9.53 Å². The largest absolute Gasteiger partial charge is 0.452 e. The highest BCUT2D eigenvalue weighted by Gasteiger charge is 2.13. The van der Waals surface area contributed by atoms with Gasteiger partial charge in [0.1, 0.15) is 0 Å². The predicted octanol–water partition coefficient (Wildman–Crippen LogP) is 2.78. The quantitative estimate of drug-likeness (QED) is 0.861. The van der Waals surface area contributed by atoms with Crippen LogP contribution in [0.4, 0.5) is 0 Å². The van der Waals surface area contributed by atoms with Gasteiger partial charge in [0.15, 0.2) is 6.61 Å². The maximum absolute atomic E-state index is 11.7. The molecular formula is C15H15NO3S. The molecule has 0 fully saturated rings. The van der Waals surface area contributed by atoms with Gasteiger partial charge in [0, 0.05) is 5.38 Å². The molecule has 1 aromatic heterocycles. The molecule has 4 nitrogen and oxygen atoms in total. The van der Waals surface area contributed by atoms with E-state index in [-0.39, 0.29) is 18.6 Å². The molecule has 0 bridgehead atoms. The maximum atomic E-state index is 11.7. The lowest BCUT2D eigenvalue weighted by Crippen LogP contribution is -2.31. The van der Waals surface area contributed by atoms with E-state index in [1.165, 1.54) is 11.3 Å². The summed E-state index contributed by atoms with van der Waals surface area (Å²) in [5.41, 5.74) is 1.48. The van der Waals surface area contributed by atoms with E-state index in [9.17, 15) is 9.59 Å². The van der Waals surface area contributed by atoms with Crippen LogP contribution in [-0.4, -0.2) is 18.5 Å². The Labute approximate surface area is 121 Å². The molecule has 0 aliphatic heterocycles. The molecule has 0 saturated carbocycles. The normalized spacial score (nSPS) is 11.7. The van der Waals surface area contributed by atoms with Crippen molar-refractivity contribution in [3.8, 4) is 0 Å². The number of thiophene rings is 1. The molecule has 0 unspecified atom stereocenters. The number of rotatable bonds is 5. The molecule has 0 aliphatic rings. The summed E-state index contributed by atoms with van der Waals surface area (Å²) >= 11 is 1.41. The number of esters is 1. The maximum Gasteiger partial charge on any atom is 0.339 e. The molecule has 0 radical (unpaired) electrons. The first-order valence-electron chi connectivity index (χ1n) is 6.20. The smallest absolute Gasteiger partial charge is 0.339 e. The highest BCUT2D eigenvalue weighted by molar-refractivity contribution is 7.08. The van der Waals surface area contributed by atoms with Crippen LogP contribution in [0.2, 0.25) is 0 Å². The lowest BCUT2D eigenvalue weighted by atomic mass is 10.1. The SMILES string of the molecule is C[C@@H](NC(=O)COC(=O)c1ccsc1)c1ccccc1. The van der Waals surface area contributed by atoms with Gasteiger partial charge in [-0.05, 0) is 23.9 Å². The molecule has 1 aromatic carbocycles. The van der Waals surface area contributed by atoms with Crippen molar-refractivity contribution >= 4 is 23.2 Å². The lowest BCUT2D eigenvalue weighted by molar-refractivity contribution is -0.124. The Balaban J connectivity index is 1.80. The third-order valence-electron chi connectivity index (χ3n) is 2.77. The third kappa shape index (κ3) is 3.93. The first-order valence-corrected chi connectivity index (χ1v) is 7.14. The number of nitrogens with one attached hydrogen (secondary N) is 1. The molecule has 104 valence electrons. The molecule has 0 saturated heterocycles. The zero-order chi connectivity index (χ0) is 14.4. The topological polar surface area (TPSA) is 55.4 Å². The van der Waals surface area contributed by atoms with Crippen molar-refractivity contribution in [2.24, 2.45) is 0 Å². The van der Waals surface area contributed by atoms with Crippen molar-refractivity contribution in [1.29, 1.82) is 0 Å². The Morgan fingerprint density at radius 1 is 1.25 bits per heavy atom. The van der Waals surface area contributed by atoms with Gasteiger partial charge in [-0.1, -0.05) is 30.3 Å². The van der Waals surface area contributed by atoms with Crippen LogP contribution in [0.15, 0.2) is 47.2 Å². The second-order valence-corrected chi connectivity index (χ2v) is 5.07. The highest BCUT2D eigenvalue weighted by atomic mass is 32.1. The molecule has 2 aromatic rings. The molecule has 1 heterocycles. The molecule has 0 spiro atoms. The summed E-state index contributed by atoms with van der Waals surface area (Å²) in [4.78, 5) is 23.3. The molecule has 1 atom stereocenters. The summed E-state index contributed by atoms with van der Waals surface area (Å²) in [5.74, 6) is -0.793. The minimum Gasteiger partial charge on any atom is -0.452 e. The van der Waals surface area contributed by atoms with Crippen LogP contribution in [0.25, 0.3) is 0 Å². The number of benzene rings is 1. The fraction of sp³-hybridized carbons (Fsp3) is 0.200. The third-order valence-corrected chi connectivity index (χ3v) is 3.45. The van der Waals surface area contributed by atoms with Crippen LogP contribution in [0, 0.1) is 0 Å². The summed E-state index contributed by atoms with van der Waals surface area (Å²) in [5, 5.41) is 6.26. The minimum atomic E-state index is -0.478. The minimum absolute atomic E-state index is 0.122. The Kier molecular flexibility index (Phi) is 4.90. The number of carbonyl (C=O) groups is 2. The summed E-state index contributed by atoms with van der Waals surface area (Å²) in [6.45, 7) is 1.61. The number of hydrogen-bond acceptors (Lipinski definition) is 4. The Bertz CT molecular complexity index is 566. The van der Waals surface area contributed by atoms with Gasteiger partial charge in [0.2, 0.25) is 0 Å². The standard InChI is InChI=1S/C15H15NO3S/c1-11(12-5-3-2-4-6-12)16-14(17)9-19-15(18)13-7-8-20-10-13/h2-8,10-11H,9H2,1H3,(H,16,17)/t11-/m1/s1. The molecule has 0 aliphatic carbocycles. The zero-order valence-corrected chi connectivity index (χ0v) is 11.9. The average Bonchev–Trinajstić information content (AvgIpc) is 3.00. The van der Waals surface area contributed by atoms with Crippen molar-refractivity contribution < 1.29 is 14.3 Å². The van der Waals surface area contributed by atoms with Gasteiger partial charge < -0.3 is 10.1 Å². The van der Waals surface area contributed by atoms with E-state index in [0.717, 1.165) is 5.56 Å². The van der Waals surface area contributed by atoms with Gasteiger partial charge in [-0.3, -0.25) is 4.79 Å². The fourth-order valence-corrected chi connectivity index (χ4v) is 2.33. The summed E-state index contributed by atoms with van der Waals surface area (Å²) < 4.78 is 4.94. The van der Waals surface area contributed by atoms with E-state index in [0.29, 0.717) is 5.56 Å². The predicted molar refractivity (Wildman–Crippen MR) is 77.6 cm³/mol. The van der Waals surface area contributed by atoms with E-state index in [4.69, 9.17) is 4.74 Å². The van der Waals surface area contributed by atoms with Gasteiger partial charge in [-0.2, -0.15) is 11.3 Å². The number of amides is 1. The van der Waals surface area contributed by atoms with Gasteiger partial charge in [-0.15, -0.1) is 0 Å². The van der Waals surface area contributed by atoms with Gasteiger partial charge in [-0.25, -0.2) is 4.79 Å². The monoisotopic (exact) mass is 289 g/mol. The Morgan fingerprint density at radius 3 is 2.65 bits per heavy atom. The van der Waals surface area contributed by atoms with Crippen molar-refractivity contribution in [3.05, 3.63) is 58.3 Å². The van der Waals surface area contributed by atoms with Crippen LogP contribution < -0.4 is 5.32 Å². The second kappa shape index (κ2) is 6.86. The second-order valence-electron chi connectivity index (χ2n) is 4.29. The summed E-state index contributed by atoms with van der Waals surface area (Å²) in [7, 11) is 0. The Hall–Kier alpha value is -2.14. The summed E-state index contributed by atoms with van der Waals surface area (Å²) in [6.07, 6.45) is 0. The van der Waals surface area contributed by atoms with Crippen molar-refractivity contribution in [2.75, 3.05) is 6.61 Å². The van der Waals surface area contributed by atoms with Crippen molar-refractivity contribution in [3.63, 3.8) is 0 Å². The number of ether oxygens (including phenoxy) is 1. The van der Waals surface area contributed by atoms with E-state index >= 15 is 0 Å². The summed E-state index contributed by atoms with van der Waals surface area (Å²) in [6, 6.07) is 11.1. The van der Waals surface area contributed by atoms with Gasteiger partial charge >= 0.3 is 5.97 Å². The fourth-order valence-electron chi connectivity index (χ4n) is 1.70. The van der Waals surface area contributed by atoms with E-state index in [2.05, 4.69) is 5.32 Å². The molecule has 2 rings (SSSR count). The molecule has 5 heteroatoms. The highest BCUT2D eigenvalue weighted by Crippen LogP contribution is 2.11. The van der Waals surface area contributed by atoms with E-state index in [1.807, 2.05) is 37.3 Å². The zero-order valence-electron chi connectivity index (χ0n) is 11.0.